The van der Waals surface area contributed by atoms with Gasteiger partial charge in [-0.3, -0.25) is 9.69 Å². The van der Waals surface area contributed by atoms with Crippen LogP contribution in [0.1, 0.15) is 68.3 Å². The number of esters is 1. The molecule has 0 aromatic heterocycles. The molecule has 198 valence electrons. The highest BCUT2D eigenvalue weighted by Crippen LogP contribution is 2.45. The Balaban J connectivity index is 1.40. The van der Waals surface area contributed by atoms with Crippen molar-refractivity contribution in [3.05, 3.63) is 29.1 Å². The van der Waals surface area contributed by atoms with Gasteiger partial charge in [-0.25, -0.2) is 14.0 Å². The smallest absolute Gasteiger partial charge is 0.410 e. The third kappa shape index (κ3) is 6.08. The van der Waals surface area contributed by atoms with Gasteiger partial charge in [-0.2, -0.15) is 0 Å². The lowest BCUT2D eigenvalue weighted by molar-refractivity contribution is -0.144. The fraction of sp³-hybridized carbons (Fsp3) is 0.654. The van der Waals surface area contributed by atoms with E-state index in [1.807, 2.05) is 20.8 Å². The monoisotopic (exact) mass is 506 g/mol. The molecule has 0 spiro atoms. The number of nitrogens with zero attached hydrogens (tertiary/aromatic N) is 2. The van der Waals surface area contributed by atoms with E-state index < -0.39 is 29.3 Å². The van der Waals surface area contributed by atoms with Crippen molar-refractivity contribution in [2.24, 2.45) is 5.92 Å². The van der Waals surface area contributed by atoms with Crippen LogP contribution in [0.15, 0.2) is 12.1 Å². The highest BCUT2D eigenvalue weighted by atomic mass is 19.1. The number of rotatable bonds is 6. The van der Waals surface area contributed by atoms with Gasteiger partial charge in [-0.15, -0.1) is 0 Å². The SMILES string of the molecule is COC(=O)C1COCN1C(=O)c1cc(C2CC2)c(OCC2CCN(C(=O)OC(C)(C)C)CC2)cc1F. The van der Waals surface area contributed by atoms with Crippen molar-refractivity contribution >= 4 is 18.0 Å². The highest BCUT2D eigenvalue weighted by molar-refractivity contribution is 5.97. The van der Waals surface area contributed by atoms with Gasteiger partial charge in [-0.1, -0.05) is 0 Å². The molecule has 4 rings (SSSR count). The topological polar surface area (TPSA) is 94.6 Å². The number of likely N-dealkylation sites (tertiary alicyclic amines) is 1. The zero-order valence-corrected chi connectivity index (χ0v) is 21.4. The minimum Gasteiger partial charge on any atom is -0.493 e. The zero-order chi connectivity index (χ0) is 26.0. The number of benzene rings is 1. The number of amides is 2. The second-order valence-corrected chi connectivity index (χ2v) is 10.7. The van der Waals surface area contributed by atoms with Crippen molar-refractivity contribution in [1.29, 1.82) is 0 Å². The summed E-state index contributed by atoms with van der Waals surface area (Å²) in [5.74, 6) is -1.02. The van der Waals surface area contributed by atoms with E-state index in [2.05, 4.69) is 0 Å². The molecule has 1 saturated carbocycles. The van der Waals surface area contributed by atoms with Gasteiger partial charge in [0.1, 0.15) is 23.9 Å². The van der Waals surface area contributed by atoms with Crippen LogP contribution in [0.4, 0.5) is 9.18 Å². The van der Waals surface area contributed by atoms with E-state index in [4.69, 9.17) is 18.9 Å². The molecule has 2 aliphatic heterocycles. The molecule has 36 heavy (non-hydrogen) atoms. The van der Waals surface area contributed by atoms with Gasteiger partial charge in [0.05, 0.1) is 25.9 Å². The Morgan fingerprint density at radius 3 is 2.42 bits per heavy atom. The summed E-state index contributed by atoms with van der Waals surface area (Å²) in [5.41, 5.74) is 0.172. The summed E-state index contributed by atoms with van der Waals surface area (Å²) in [6, 6.07) is 1.94. The van der Waals surface area contributed by atoms with Gasteiger partial charge in [0.25, 0.3) is 5.91 Å². The average molecular weight is 507 g/mol. The summed E-state index contributed by atoms with van der Waals surface area (Å²) in [5, 5.41) is 0. The maximum Gasteiger partial charge on any atom is 0.410 e. The van der Waals surface area contributed by atoms with Crippen LogP contribution in [-0.4, -0.2) is 79.6 Å². The van der Waals surface area contributed by atoms with Crippen LogP contribution in [0.25, 0.3) is 0 Å². The average Bonchev–Trinajstić information content (AvgIpc) is 3.56. The second-order valence-electron chi connectivity index (χ2n) is 10.7. The van der Waals surface area contributed by atoms with Gasteiger partial charge in [0.15, 0.2) is 6.04 Å². The highest BCUT2D eigenvalue weighted by Gasteiger charge is 2.38. The number of piperidine rings is 1. The Kier molecular flexibility index (Phi) is 7.73. The Labute approximate surface area is 210 Å². The number of ether oxygens (including phenoxy) is 4. The summed E-state index contributed by atoms with van der Waals surface area (Å²) in [6.07, 6.45) is 3.11. The van der Waals surface area contributed by atoms with Crippen LogP contribution < -0.4 is 4.74 Å². The fourth-order valence-electron chi connectivity index (χ4n) is 4.52. The molecular weight excluding hydrogens is 471 g/mol. The van der Waals surface area contributed by atoms with Gasteiger partial charge in [0.2, 0.25) is 0 Å². The molecule has 1 unspecified atom stereocenters. The minimum atomic E-state index is -0.895. The molecule has 1 aliphatic carbocycles. The molecule has 2 saturated heterocycles. The van der Waals surface area contributed by atoms with Crippen molar-refractivity contribution < 1.29 is 37.7 Å². The van der Waals surface area contributed by atoms with E-state index >= 15 is 4.39 Å². The quantitative estimate of drug-likeness (QED) is 0.543. The first kappa shape index (κ1) is 26.2. The summed E-state index contributed by atoms with van der Waals surface area (Å²) in [4.78, 5) is 40.3. The Morgan fingerprint density at radius 2 is 1.81 bits per heavy atom. The number of methoxy groups -OCH3 is 1. The van der Waals surface area contributed by atoms with Gasteiger partial charge in [0, 0.05) is 19.2 Å². The maximum atomic E-state index is 15.1. The van der Waals surface area contributed by atoms with Crippen LogP contribution in [0.2, 0.25) is 0 Å². The molecule has 3 fully saturated rings. The number of hydrogen-bond donors (Lipinski definition) is 0. The van der Waals surface area contributed by atoms with E-state index in [9.17, 15) is 14.4 Å². The van der Waals surface area contributed by atoms with Crippen molar-refractivity contribution in [2.45, 2.75) is 64.0 Å². The molecule has 0 bridgehead atoms. The molecule has 9 nitrogen and oxygen atoms in total. The second kappa shape index (κ2) is 10.6. The van der Waals surface area contributed by atoms with Crippen LogP contribution in [0.3, 0.4) is 0 Å². The van der Waals surface area contributed by atoms with Crippen LogP contribution >= 0.6 is 0 Å². The molecule has 0 radical (unpaired) electrons. The molecular formula is C26H35FN2O7. The first-order valence-corrected chi connectivity index (χ1v) is 12.5. The largest absolute Gasteiger partial charge is 0.493 e. The summed E-state index contributed by atoms with van der Waals surface area (Å²) in [7, 11) is 1.24. The van der Waals surface area contributed by atoms with Crippen molar-refractivity contribution in [2.75, 3.05) is 40.1 Å². The Morgan fingerprint density at radius 1 is 1.11 bits per heavy atom. The molecule has 3 aliphatic rings. The lowest BCUT2D eigenvalue weighted by atomic mass is 9.98. The first-order valence-electron chi connectivity index (χ1n) is 12.5. The van der Waals surface area contributed by atoms with E-state index in [-0.39, 0.29) is 36.8 Å². The summed E-state index contributed by atoms with van der Waals surface area (Å²) < 4.78 is 36.7. The molecule has 1 aromatic carbocycles. The number of hydrogen-bond acceptors (Lipinski definition) is 7. The molecule has 0 N–H and O–H groups in total. The minimum absolute atomic E-state index is 0.0173. The maximum absolute atomic E-state index is 15.1. The van der Waals surface area contributed by atoms with E-state index in [1.54, 1.807) is 11.0 Å². The standard InChI is InChI=1S/C26H35FN2O7/c1-26(2,3)36-25(32)28-9-7-16(8-10-28)13-35-22-12-20(27)19(11-18(22)17-5-6-17)23(30)29-15-34-14-21(29)24(31)33-4/h11-12,16-17,21H,5-10,13-15H2,1-4H3. The number of halogens is 1. The van der Waals surface area contributed by atoms with Gasteiger partial charge >= 0.3 is 12.1 Å². The predicted octanol–water partition coefficient (Wildman–Crippen LogP) is 3.70. The van der Waals surface area contributed by atoms with Crippen molar-refractivity contribution in [1.82, 2.24) is 9.80 Å². The van der Waals surface area contributed by atoms with Crippen molar-refractivity contribution in [3.63, 3.8) is 0 Å². The van der Waals surface area contributed by atoms with Crippen LogP contribution in [0.5, 0.6) is 5.75 Å². The summed E-state index contributed by atoms with van der Waals surface area (Å²) >= 11 is 0. The van der Waals surface area contributed by atoms with Gasteiger partial charge < -0.3 is 23.8 Å². The molecule has 10 heteroatoms. The first-order chi connectivity index (χ1) is 17.1. The molecule has 2 heterocycles. The van der Waals surface area contributed by atoms with E-state index in [0.717, 1.165) is 31.2 Å². The normalized spacial score (nSPS) is 20.9. The number of carbonyl (C=O) groups is 3. The summed E-state index contributed by atoms with van der Waals surface area (Å²) in [6.45, 7) is 7.02. The lowest BCUT2D eigenvalue weighted by Gasteiger charge is -2.33. The third-order valence-electron chi connectivity index (χ3n) is 6.70. The predicted molar refractivity (Wildman–Crippen MR) is 127 cm³/mol. The molecule has 1 atom stereocenters. The molecule has 1 aromatic rings. The van der Waals surface area contributed by atoms with E-state index in [0.29, 0.717) is 25.4 Å². The van der Waals surface area contributed by atoms with Crippen LogP contribution in [0, 0.1) is 11.7 Å². The Bertz CT molecular complexity index is 997. The lowest BCUT2D eigenvalue weighted by Crippen LogP contribution is -2.42. The van der Waals surface area contributed by atoms with Crippen molar-refractivity contribution in [3.8, 4) is 5.75 Å². The van der Waals surface area contributed by atoms with Crippen LogP contribution in [-0.2, 0) is 19.0 Å². The zero-order valence-electron chi connectivity index (χ0n) is 21.4. The van der Waals surface area contributed by atoms with Gasteiger partial charge in [-0.05, 0) is 69.9 Å². The Hall–Kier alpha value is -2.88. The third-order valence-corrected chi connectivity index (χ3v) is 6.70. The van der Waals surface area contributed by atoms with E-state index in [1.165, 1.54) is 18.1 Å². The number of carbonyl (C=O) groups excluding carboxylic acids is 3. The molecule has 2 amide bonds. The fourth-order valence-corrected chi connectivity index (χ4v) is 4.52.